The molecule has 0 saturated carbocycles. The fourth-order valence-electron chi connectivity index (χ4n) is 5.38. The first-order chi connectivity index (χ1) is 21.3. The molecule has 1 saturated heterocycles. The molecule has 0 radical (unpaired) electrons. The minimum atomic E-state index is -0.856. The summed E-state index contributed by atoms with van der Waals surface area (Å²) < 4.78 is 29.6. The Labute approximate surface area is 258 Å². The molecule has 0 spiro atoms. The van der Waals surface area contributed by atoms with Crippen molar-refractivity contribution in [3.63, 3.8) is 0 Å². The number of fused-ring (bicyclic) bond motifs is 1. The molecule has 1 amide bonds. The molecule has 1 aromatic heterocycles. The van der Waals surface area contributed by atoms with E-state index in [4.69, 9.17) is 23.7 Å². The lowest BCUT2D eigenvalue weighted by Crippen LogP contribution is -2.40. The van der Waals surface area contributed by atoms with Crippen molar-refractivity contribution in [2.75, 3.05) is 47.6 Å². The van der Waals surface area contributed by atoms with Gasteiger partial charge in [0.15, 0.2) is 22.9 Å². The standard InChI is InChI=1S/C32H35N3O8S/c1-6-42-31(38)27-19(2)33-32-35(28(27)21-16-23(39-3)29(41-5)24(17-21)40-4)30(37)25(44-32)15-20-9-11-22(12-10-20)43-18-26(36)34-13-7-8-14-34/h9-12,15-17,28H,6-8,13-14,18H2,1-5H3/b25-15+/t28-/m0/s1. The van der Waals surface area contributed by atoms with Gasteiger partial charge in [-0.05, 0) is 68.2 Å². The number of carbonyl (C=O) groups excluding carboxylic acids is 2. The summed E-state index contributed by atoms with van der Waals surface area (Å²) in [5.41, 5.74) is 1.69. The summed E-state index contributed by atoms with van der Waals surface area (Å²) in [5.74, 6) is 1.12. The summed E-state index contributed by atoms with van der Waals surface area (Å²) in [5, 5.41) is 0. The van der Waals surface area contributed by atoms with Crippen LogP contribution in [0.2, 0.25) is 0 Å². The predicted octanol–water partition coefficient (Wildman–Crippen LogP) is 2.83. The third-order valence-electron chi connectivity index (χ3n) is 7.52. The van der Waals surface area contributed by atoms with Crippen molar-refractivity contribution in [3.05, 3.63) is 78.5 Å². The molecule has 232 valence electrons. The Morgan fingerprint density at radius 2 is 1.68 bits per heavy atom. The van der Waals surface area contributed by atoms with Gasteiger partial charge in [-0.2, -0.15) is 0 Å². The fourth-order valence-corrected chi connectivity index (χ4v) is 6.43. The summed E-state index contributed by atoms with van der Waals surface area (Å²) in [7, 11) is 4.51. The van der Waals surface area contributed by atoms with Crippen LogP contribution in [0.5, 0.6) is 23.0 Å². The van der Waals surface area contributed by atoms with E-state index in [9.17, 15) is 14.4 Å². The highest BCUT2D eigenvalue weighted by Gasteiger charge is 2.34. The van der Waals surface area contributed by atoms with Crippen molar-refractivity contribution in [3.8, 4) is 23.0 Å². The second-order valence-corrected chi connectivity index (χ2v) is 11.2. The molecule has 2 aliphatic rings. The Balaban J connectivity index is 1.53. The van der Waals surface area contributed by atoms with E-state index in [0.29, 0.717) is 43.6 Å². The van der Waals surface area contributed by atoms with Crippen LogP contribution < -0.4 is 33.8 Å². The van der Waals surface area contributed by atoms with E-state index in [1.807, 2.05) is 17.0 Å². The number of carbonyl (C=O) groups is 2. The van der Waals surface area contributed by atoms with Gasteiger partial charge in [0.05, 0.1) is 49.8 Å². The monoisotopic (exact) mass is 621 g/mol. The average Bonchev–Trinajstić information content (AvgIpc) is 3.67. The number of thiazole rings is 1. The number of esters is 1. The molecule has 2 aliphatic heterocycles. The molecular formula is C32H35N3O8S. The lowest BCUT2D eigenvalue weighted by Gasteiger charge is -2.26. The Morgan fingerprint density at radius 1 is 1.02 bits per heavy atom. The molecule has 0 unspecified atom stereocenters. The summed E-state index contributed by atoms with van der Waals surface area (Å²) in [6.07, 6.45) is 3.82. The first-order valence-electron chi connectivity index (χ1n) is 14.3. The highest BCUT2D eigenvalue weighted by atomic mass is 32.1. The third kappa shape index (κ3) is 6.07. The molecule has 0 bridgehead atoms. The number of hydrogen-bond donors (Lipinski definition) is 0. The number of rotatable bonds is 10. The van der Waals surface area contributed by atoms with Gasteiger partial charge in [-0.15, -0.1) is 0 Å². The summed E-state index contributed by atoms with van der Waals surface area (Å²) >= 11 is 1.22. The Hall–Kier alpha value is -4.58. The van der Waals surface area contributed by atoms with Gasteiger partial charge in [-0.3, -0.25) is 14.2 Å². The number of ether oxygens (including phenoxy) is 5. The van der Waals surface area contributed by atoms with E-state index >= 15 is 0 Å². The summed E-state index contributed by atoms with van der Waals surface area (Å²) in [6.45, 7) is 5.15. The maximum absolute atomic E-state index is 14.0. The Morgan fingerprint density at radius 3 is 2.27 bits per heavy atom. The van der Waals surface area contributed by atoms with Crippen LogP contribution in [-0.4, -0.2) is 69.0 Å². The van der Waals surface area contributed by atoms with Gasteiger partial charge in [0.25, 0.3) is 11.5 Å². The maximum Gasteiger partial charge on any atom is 0.338 e. The second-order valence-electron chi connectivity index (χ2n) is 10.2. The number of hydrogen-bond acceptors (Lipinski definition) is 10. The maximum atomic E-state index is 14.0. The van der Waals surface area contributed by atoms with Crippen molar-refractivity contribution in [1.82, 2.24) is 9.47 Å². The number of allylic oxidation sites excluding steroid dienone is 1. The Kier molecular flexibility index (Phi) is 9.38. The van der Waals surface area contributed by atoms with Crippen LogP contribution in [0.3, 0.4) is 0 Å². The topological polar surface area (TPSA) is 118 Å². The molecule has 1 fully saturated rings. The average molecular weight is 622 g/mol. The van der Waals surface area contributed by atoms with E-state index in [2.05, 4.69) is 4.99 Å². The minimum Gasteiger partial charge on any atom is -0.493 e. The largest absolute Gasteiger partial charge is 0.493 e. The first-order valence-corrected chi connectivity index (χ1v) is 15.1. The molecule has 1 atom stereocenters. The van der Waals surface area contributed by atoms with Gasteiger partial charge in [0, 0.05) is 13.1 Å². The number of likely N-dealkylation sites (tertiary alicyclic amines) is 1. The molecule has 5 rings (SSSR count). The van der Waals surface area contributed by atoms with Crippen molar-refractivity contribution in [1.29, 1.82) is 0 Å². The summed E-state index contributed by atoms with van der Waals surface area (Å²) in [6, 6.07) is 9.75. The van der Waals surface area contributed by atoms with Gasteiger partial charge < -0.3 is 28.6 Å². The zero-order chi connectivity index (χ0) is 31.4. The summed E-state index contributed by atoms with van der Waals surface area (Å²) in [4.78, 5) is 46.5. The molecule has 3 heterocycles. The third-order valence-corrected chi connectivity index (χ3v) is 8.50. The highest BCUT2D eigenvalue weighted by Crippen LogP contribution is 2.42. The molecule has 44 heavy (non-hydrogen) atoms. The molecule has 11 nitrogen and oxygen atoms in total. The number of nitrogens with zero attached hydrogens (tertiary/aromatic N) is 3. The van der Waals surface area contributed by atoms with E-state index in [1.54, 1.807) is 44.2 Å². The predicted molar refractivity (Wildman–Crippen MR) is 164 cm³/mol. The van der Waals surface area contributed by atoms with E-state index in [0.717, 1.165) is 31.5 Å². The van der Waals surface area contributed by atoms with Crippen molar-refractivity contribution >= 4 is 29.3 Å². The van der Waals surface area contributed by atoms with Crippen LogP contribution in [0.1, 0.15) is 43.9 Å². The number of amides is 1. The van der Waals surface area contributed by atoms with E-state index < -0.39 is 12.0 Å². The fraction of sp³-hybridized carbons (Fsp3) is 0.375. The molecular weight excluding hydrogens is 586 g/mol. The van der Waals surface area contributed by atoms with Gasteiger partial charge in [0.1, 0.15) is 5.75 Å². The molecule has 0 N–H and O–H groups in total. The lowest BCUT2D eigenvalue weighted by atomic mass is 9.95. The quantitative estimate of drug-likeness (QED) is 0.318. The van der Waals surface area contributed by atoms with Crippen LogP contribution in [0.4, 0.5) is 0 Å². The smallest absolute Gasteiger partial charge is 0.338 e. The number of methoxy groups -OCH3 is 3. The highest BCUT2D eigenvalue weighted by molar-refractivity contribution is 7.07. The number of aromatic nitrogens is 1. The van der Waals surface area contributed by atoms with E-state index in [1.165, 1.54) is 37.2 Å². The van der Waals surface area contributed by atoms with Crippen LogP contribution in [-0.2, 0) is 14.3 Å². The molecule has 0 aliphatic carbocycles. The van der Waals surface area contributed by atoms with Crippen LogP contribution in [0, 0.1) is 0 Å². The number of benzene rings is 2. The SMILES string of the molecule is CCOC(=O)C1=C(C)N=c2s/c(=C/c3ccc(OCC(=O)N4CCCC4)cc3)c(=O)n2[C@H]1c1cc(OC)c(OC)c(OC)c1. The van der Waals surface area contributed by atoms with Gasteiger partial charge in [0.2, 0.25) is 5.75 Å². The molecule has 2 aromatic carbocycles. The van der Waals surface area contributed by atoms with Crippen molar-refractivity contribution in [2.24, 2.45) is 4.99 Å². The second kappa shape index (κ2) is 13.4. The lowest BCUT2D eigenvalue weighted by molar-refractivity contribution is -0.139. The van der Waals surface area contributed by atoms with Crippen LogP contribution >= 0.6 is 11.3 Å². The minimum absolute atomic E-state index is 0.0129. The van der Waals surface area contributed by atoms with Gasteiger partial charge in [-0.25, -0.2) is 9.79 Å². The van der Waals surface area contributed by atoms with Crippen molar-refractivity contribution in [2.45, 2.75) is 32.7 Å². The van der Waals surface area contributed by atoms with Crippen molar-refractivity contribution < 1.29 is 33.3 Å². The zero-order valence-electron chi connectivity index (χ0n) is 25.4. The van der Waals surface area contributed by atoms with Crippen LogP contribution in [0.15, 0.2) is 57.5 Å². The molecule has 3 aromatic rings. The van der Waals surface area contributed by atoms with E-state index in [-0.39, 0.29) is 30.3 Å². The van der Waals surface area contributed by atoms with Crippen LogP contribution in [0.25, 0.3) is 6.08 Å². The Bertz CT molecular complexity index is 1740. The normalized spacial score (nSPS) is 16.3. The zero-order valence-corrected chi connectivity index (χ0v) is 26.2. The van der Waals surface area contributed by atoms with Gasteiger partial charge in [-0.1, -0.05) is 23.5 Å². The molecule has 12 heteroatoms. The first kappa shape index (κ1) is 30.9. The van der Waals surface area contributed by atoms with Gasteiger partial charge >= 0.3 is 5.97 Å².